The number of rotatable bonds is 10. The molecule has 1 amide bonds. The zero-order valence-electron chi connectivity index (χ0n) is 16.4. The summed E-state index contributed by atoms with van der Waals surface area (Å²) in [6.07, 6.45) is 3.08. The first-order valence-electron chi connectivity index (χ1n) is 9.01. The van der Waals surface area contributed by atoms with Crippen LogP contribution in [0.25, 0.3) is 0 Å². The van der Waals surface area contributed by atoms with E-state index in [9.17, 15) is 4.79 Å². The highest BCUT2D eigenvalue weighted by Gasteiger charge is 2.13. The molecule has 7 nitrogen and oxygen atoms in total. The number of guanidine groups is 1. The molecule has 1 aliphatic heterocycles. The summed E-state index contributed by atoms with van der Waals surface area (Å²) in [5, 5.41) is 6.40. The maximum absolute atomic E-state index is 11.7. The number of aliphatic imine (C=N–C) groups is 1. The first kappa shape index (κ1) is 25.1. The molecule has 0 spiro atoms. The van der Waals surface area contributed by atoms with Crippen LogP contribution in [0.4, 0.5) is 0 Å². The molecular formula is C18H35IN4O3. The predicted molar refractivity (Wildman–Crippen MR) is 116 cm³/mol. The minimum absolute atomic E-state index is 0. The highest BCUT2D eigenvalue weighted by atomic mass is 127. The van der Waals surface area contributed by atoms with Crippen molar-refractivity contribution in [2.45, 2.75) is 26.2 Å². The number of carbonyl (C=O) groups is 1. The molecule has 0 aromatic heterocycles. The molecule has 8 heteroatoms. The summed E-state index contributed by atoms with van der Waals surface area (Å²) in [5.41, 5.74) is 1.01. The molecule has 1 heterocycles. The van der Waals surface area contributed by atoms with Gasteiger partial charge in [0, 0.05) is 53.6 Å². The van der Waals surface area contributed by atoms with Crippen molar-refractivity contribution in [2.24, 2.45) is 10.9 Å². The number of ether oxygens (including phenoxy) is 2. The largest absolute Gasteiger partial charge is 0.381 e. The molecule has 0 unspecified atom stereocenters. The molecule has 1 rings (SSSR count). The van der Waals surface area contributed by atoms with Crippen molar-refractivity contribution >= 4 is 35.8 Å². The van der Waals surface area contributed by atoms with E-state index >= 15 is 0 Å². The van der Waals surface area contributed by atoms with Gasteiger partial charge in [0.25, 0.3) is 0 Å². The zero-order chi connectivity index (χ0) is 18.5. The van der Waals surface area contributed by atoms with E-state index < -0.39 is 0 Å². The summed E-state index contributed by atoms with van der Waals surface area (Å²) < 4.78 is 11.1. The second kappa shape index (κ2) is 15.2. The van der Waals surface area contributed by atoms with Crippen LogP contribution in [0.5, 0.6) is 0 Å². The smallest absolute Gasteiger partial charge is 0.243 e. The van der Waals surface area contributed by atoms with Crippen molar-refractivity contribution in [3.05, 3.63) is 12.2 Å². The summed E-state index contributed by atoms with van der Waals surface area (Å²) in [6.45, 7) is 10.5. The second-order valence-corrected chi connectivity index (χ2v) is 6.67. The molecule has 1 saturated heterocycles. The Morgan fingerprint density at radius 1 is 1.31 bits per heavy atom. The van der Waals surface area contributed by atoms with E-state index in [1.165, 1.54) is 4.90 Å². The van der Waals surface area contributed by atoms with Gasteiger partial charge in [0.05, 0.1) is 0 Å². The number of hydrogen-bond acceptors (Lipinski definition) is 4. The molecule has 0 aliphatic carbocycles. The summed E-state index contributed by atoms with van der Waals surface area (Å²) >= 11 is 0. The topological polar surface area (TPSA) is 75.2 Å². The lowest BCUT2D eigenvalue weighted by atomic mass is 10.0. The first-order valence-corrected chi connectivity index (χ1v) is 9.01. The van der Waals surface area contributed by atoms with Crippen molar-refractivity contribution in [3.63, 3.8) is 0 Å². The van der Waals surface area contributed by atoms with Crippen LogP contribution in [-0.4, -0.2) is 76.9 Å². The van der Waals surface area contributed by atoms with Crippen LogP contribution in [0.2, 0.25) is 0 Å². The molecule has 2 N–H and O–H groups in total. The molecule has 1 aliphatic rings. The van der Waals surface area contributed by atoms with Crippen molar-refractivity contribution in [3.8, 4) is 0 Å². The SMILES string of the molecule is C=C(C)CNC(=NCC(=O)N(C)C)NCCCOCC1CCOCC1.I. The Morgan fingerprint density at radius 3 is 2.62 bits per heavy atom. The minimum Gasteiger partial charge on any atom is -0.381 e. The van der Waals surface area contributed by atoms with Gasteiger partial charge in [0.1, 0.15) is 6.54 Å². The third-order valence-electron chi connectivity index (χ3n) is 3.88. The fraction of sp³-hybridized carbons (Fsp3) is 0.778. The number of nitrogens with zero attached hydrogens (tertiary/aromatic N) is 2. The van der Waals surface area contributed by atoms with E-state index in [4.69, 9.17) is 9.47 Å². The van der Waals surface area contributed by atoms with Crippen LogP contribution in [0.3, 0.4) is 0 Å². The Balaban J connectivity index is 0.00000625. The lowest BCUT2D eigenvalue weighted by Gasteiger charge is -2.21. The maximum Gasteiger partial charge on any atom is 0.243 e. The van der Waals surface area contributed by atoms with Crippen LogP contribution < -0.4 is 10.6 Å². The Hall–Kier alpha value is -0.870. The first-order chi connectivity index (χ1) is 12.0. The number of likely N-dealkylation sites (N-methyl/N-ethyl adjacent to an activating group) is 1. The zero-order valence-corrected chi connectivity index (χ0v) is 18.7. The highest BCUT2D eigenvalue weighted by molar-refractivity contribution is 14.0. The highest BCUT2D eigenvalue weighted by Crippen LogP contribution is 2.14. The van der Waals surface area contributed by atoms with Gasteiger partial charge in [-0.2, -0.15) is 0 Å². The van der Waals surface area contributed by atoms with Crippen LogP contribution in [0.15, 0.2) is 17.1 Å². The molecule has 0 bridgehead atoms. The normalized spacial score (nSPS) is 15.1. The molecule has 0 radical (unpaired) electrons. The summed E-state index contributed by atoms with van der Waals surface area (Å²) in [7, 11) is 3.45. The average Bonchev–Trinajstić information content (AvgIpc) is 2.59. The van der Waals surface area contributed by atoms with Crippen molar-refractivity contribution in [1.82, 2.24) is 15.5 Å². The standard InChI is InChI=1S/C18H34N4O3.HI/c1-15(2)12-20-18(21-13-17(23)22(3)4)19-8-5-9-25-14-16-6-10-24-11-7-16;/h16H,1,5-14H2,2-4H3,(H2,19,20,21);1H. The molecule has 0 aromatic rings. The summed E-state index contributed by atoms with van der Waals surface area (Å²) in [6, 6.07) is 0. The van der Waals surface area contributed by atoms with Gasteiger partial charge in [-0.05, 0) is 32.1 Å². The van der Waals surface area contributed by atoms with Crippen LogP contribution in [-0.2, 0) is 14.3 Å². The molecule has 1 fully saturated rings. The van der Waals surface area contributed by atoms with E-state index in [1.54, 1.807) is 14.1 Å². The molecular weight excluding hydrogens is 447 g/mol. The van der Waals surface area contributed by atoms with E-state index in [-0.39, 0.29) is 36.4 Å². The van der Waals surface area contributed by atoms with E-state index in [0.29, 0.717) is 18.4 Å². The molecule has 152 valence electrons. The number of nitrogens with one attached hydrogen (secondary N) is 2. The monoisotopic (exact) mass is 482 g/mol. The van der Waals surface area contributed by atoms with E-state index in [1.807, 2.05) is 6.92 Å². The van der Waals surface area contributed by atoms with Crippen molar-refractivity contribution in [1.29, 1.82) is 0 Å². The van der Waals surface area contributed by atoms with Gasteiger partial charge < -0.3 is 25.0 Å². The van der Waals surface area contributed by atoms with Gasteiger partial charge >= 0.3 is 0 Å². The predicted octanol–water partition coefficient (Wildman–Crippen LogP) is 1.64. The van der Waals surface area contributed by atoms with Gasteiger partial charge in [0.2, 0.25) is 5.91 Å². The number of amides is 1. The van der Waals surface area contributed by atoms with E-state index in [0.717, 1.165) is 57.8 Å². The third kappa shape index (κ3) is 12.5. The van der Waals surface area contributed by atoms with Crippen LogP contribution in [0, 0.1) is 5.92 Å². The Kier molecular flexibility index (Phi) is 14.7. The Bertz CT molecular complexity index is 438. The molecule has 0 aromatic carbocycles. The fourth-order valence-corrected chi connectivity index (χ4v) is 2.24. The molecule has 0 saturated carbocycles. The summed E-state index contributed by atoms with van der Waals surface area (Å²) in [5.74, 6) is 1.23. The number of halogens is 1. The quantitative estimate of drug-likeness (QED) is 0.163. The average molecular weight is 482 g/mol. The fourth-order valence-electron chi connectivity index (χ4n) is 2.24. The van der Waals surface area contributed by atoms with Gasteiger partial charge in [-0.3, -0.25) is 4.79 Å². The Labute approximate surface area is 175 Å². The maximum atomic E-state index is 11.7. The molecule has 26 heavy (non-hydrogen) atoms. The van der Waals surface area contributed by atoms with Gasteiger partial charge in [-0.1, -0.05) is 12.2 Å². The number of carbonyl (C=O) groups excluding carboxylic acids is 1. The lowest BCUT2D eigenvalue weighted by Crippen LogP contribution is -2.40. The van der Waals surface area contributed by atoms with E-state index in [2.05, 4.69) is 22.2 Å². The van der Waals surface area contributed by atoms with Gasteiger partial charge in [0.15, 0.2) is 5.96 Å². The van der Waals surface area contributed by atoms with Crippen molar-refractivity contribution in [2.75, 3.05) is 60.2 Å². The minimum atomic E-state index is -0.0313. The second-order valence-electron chi connectivity index (χ2n) is 6.67. The van der Waals surface area contributed by atoms with Crippen LogP contribution in [0.1, 0.15) is 26.2 Å². The lowest BCUT2D eigenvalue weighted by molar-refractivity contribution is -0.127. The van der Waals surface area contributed by atoms with Crippen LogP contribution >= 0.6 is 24.0 Å². The third-order valence-corrected chi connectivity index (χ3v) is 3.88. The van der Waals surface area contributed by atoms with Gasteiger partial charge in [-0.25, -0.2) is 4.99 Å². The van der Waals surface area contributed by atoms with Gasteiger partial charge in [-0.15, -0.1) is 24.0 Å². The molecule has 0 atom stereocenters. The van der Waals surface area contributed by atoms with Crippen molar-refractivity contribution < 1.29 is 14.3 Å². The number of hydrogen-bond donors (Lipinski definition) is 2. The summed E-state index contributed by atoms with van der Waals surface area (Å²) in [4.78, 5) is 17.5. The Morgan fingerprint density at radius 2 is 2.00 bits per heavy atom.